The minimum absolute atomic E-state index is 0.243. The zero-order valence-corrected chi connectivity index (χ0v) is 7.47. The van der Waals surface area contributed by atoms with Crippen molar-refractivity contribution >= 4 is 9.84 Å². The quantitative estimate of drug-likeness (QED) is 0.540. The third-order valence-electron chi connectivity index (χ3n) is 2.04. The van der Waals surface area contributed by atoms with Crippen molar-refractivity contribution in [2.24, 2.45) is 5.73 Å². The summed E-state index contributed by atoms with van der Waals surface area (Å²) in [7, 11) is -0.959. The largest absolute Gasteiger partial charge is 0.329 e. The second-order valence-corrected chi connectivity index (χ2v) is 5.39. The van der Waals surface area contributed by atoms with Crippen molar-refractivity contribution in [2.75, 3.05) is 32.4 Å². The molecule has 0 amide bonds. The molecule has 1 aliphatic heterocycles. The summed E-state index contributed by atoms with van der Waals surface area (Å²) in [5.41, 5.74) is 5.34. The lowest BCUT2D eigenvalue weighted by Gasteiger charge is -2.28. The van der Waals surface area contributed by atoms with Gasteiger partial charge in [0.25, 0.3) is 0 Å². The normalized spacial score (nSPS) is 32.0. The van der Waals surface area contributed by atoms with Crippen LogP contribution in [0, 0.1) is 0 Å². The van der Waals surface area contributed by atoms with E-state index >= 15 is 0 Å². The van der Waals surface area contributed by atoms with E-state index < -0.39 is 9.84 Å². The number of sulfone groups is 1. The molecule has 4 nitrogen and oxygen atoms in total. The van der Waals surface area contributed by atoms with Crippen molar-refractivity contribution in [1.82, 2.24) is 4.90 Å². The molecule has 1 rings (SSSR count). The van der Waals surface area contributed by atoms with E-state index in [1.54, 1.807) is 0 Å². The van der Waals surface area contributed by atoms with Crippen LogP contribution in [-0.2, 0) is 9.84 Å². The molecule has 66 valence electrons. The highest BCUT2D eigenvalue weighted by atomic mass is 32.2. The molecule has 1 atom stereocenters. The highest BCUT2D eigenvalue weighted by Crippen LogP contribution is 2.09. The lowest BCUT2D eigenvalue weighted by molar-refractivity contribution is 0.333. The molecule has 0 aromatic heterocycles. The molecule has 1 saturated heterocycles. The van der Waals surface area contributed by atoms with Gasteiger partial charge >= 0.3 is 0 Å². The van der Waals surface area contributed by atoms with E-state index in [2.05, 4.69) is 0 Å². The standard InChI is InChI=1S/C6H14N2O2S/c1-8-2-3-11(9,10)6(4-7)5-8/h6H,2-5,7H2,1H3. The molecule has 5 heteroatoms. The first-order valence-corrected chi connectivity index (χ1v) is 5.38. The van der Waals surface area contributed by atoms with Crippen LogP contribution in [0.1, 0.15) is 0 Å². The third kappa shape index (κ3) is 1.91. The summed E-state index contributed by atoms with van der Waals surface area (Å²) < 4.78 is 22.5. The number of nitrogens with two attached hydrogens (primary N) is 1. The van der Waals surface area contributed by atoms with Crippen LogP contribution in [0.4, 0.5) is 0 Å². The van der Waals surface area contributed by atoms with Gasteiger partial charge in [-0.25, -0.2) is 8.42 Å². The van der Waals surface area contributed by atoms with Crippen LogP contribution in [-0.4, -0.2) is 51.0 Å². The Hall–Kier alpha value is -0.130. The van der Waals surface area contributed by atoms with E-state index in [1.807, 2.05) is 11.9 Å². The summed E-state index contributed by atoms with van der Waals surface area (Å²) in [4.78, 5) is 2.00. The predicted molar refractivity (Wildman–Crippen MR) is 44.1 cm³/mol. The summed E-state index contributed by atoms with van der Waals surface area (Å²) in [5, 5.41) is -0.346. The zero-order chi connectivity index (χ0) is 8.48. The van der Waals surface area contributed by atoms with Crippen LogP contribution in [0.5, 0.6) is 0 Å². The van der Waals surface area contributed by atoms with E-state index in [4.69, 9.17) is 5.73 Å². The highest BCUT2D eigenvalue weighted by Gasteiger charge is 2.29. The molecular formula is C6H14N2O2S. The van der Waals surface area contributed by atoms with Gasteiger partial charge in [-0.1, -0.05) is 0 Å². The van der Waals surface area contributed by atoms with Crippen LogP contribution in [0.3, 0.4) is 0 Å². The molecule has 0 saturated carbocycles. The van der Waals surface area contributed by atoms with Gasteiger partial charge in [0, 0.05) is 19.6 Å². The lowest BCUT2D eigenvalue weighted by Crippen LogP contribution is -2.48. The van der Waals surface area contributed by atoms with Gasteiger partial charge in [-0.15, -0.1) is 0 Å². The minimum atomic E-state index is -2.87. The molecule has 0 radical (unpaired) electrons. The Morgan fingerprint density at radius 1 is 1.64 bits per heavy atom. The highest BCUT2D eigenvalue weighted by molar-refractivity contribution is 7.92. The van der Waals surface area contributed by atoms with Gasteiger partial charge in [-0.2, -0.15) is 0 Å². The summed E-state index contributed by atoms with van der Waals surface area (Å²) >= 11 is 0. The average Bonchev–Trinajstić information content (AvgIpc) is 1.94. The minimum Gasteiger partial charge on any atom is -0.329 e. The van der Waals surface area contributed by atoms with Gasteiger partial charge in [0.1, 0.15) is 0 Å². The summed E-state index contributed by atoms with van der Waals surface area (Å²) in [5.74, 6) is 0.255. The molecule has 0 aromatic carbocycles. The first-order chi connectivity index (χ1) is 5.06. The predicted octanol–water partition coefficient (Wildman–Crippen LogP) is -1.33. The Labute approximate surface area is 67.3 Å². The van der Waals surface area contributed by atoms with E-state index in [-0.39, 0.29) is 17.5 Å². The van der Waals surface area contributed by atoms with Crippen molar-refractivity contribution in [3.05, 3.63) is 0 Å². The van der Waals surface area contributed by atoms with Crippen molar-refractivity contribution in [1.29, 1.82) is 0 Å². The zero-order valence-electron chi connectivity index (χ0n) is 6.66. The van der Waals surface area contributed by atoms with Crippen molar-refractivity contribution < 1.29 is 8.42 Å². The molecule has 1 aliphatic rings. The number of nitrogens with zero attached hydrogens (tertiary/aromatic N) is 1. The van der Waals surface area contributed by atoms with E-state index in [9.17, 15) is 8.42 Å². The Kier molecular flexibility index (Phi) is 2.51. The molecule has 0 aromatic rings. The van der Waals surface area contributed by atoms with E-state index in [0.717, 1.165) is 0 Å². The Morgan fingerprint density at radius 2 is 2.27 bits per heavy atom. The molecule has 0 aliphatic carbocycles. The van der Waals surface area contributed by atoms with E-state index in [1.165, 1.54) is 0 Å². The molecule has 11 heavy (non-hydrogen) atoms. The van der Waals surface area contributed by atoms with Crippen LogP contribution in [0.15, 0.2) is 0 Å². The Balaban J connectivity index is 2.72. The van der Waals surface area contributed by atoms with Gasteiger partial charge in [0.15, 0.2) is 9.84 Å². The Bertz CT molecular complexity index is 225. The van der Waals surface area contributed by atoms with Crippen molar-refractivity contribution in [3.8, 4) is 0 Å². The van der Waals surface area contributed by atoms with Gasteiger partial charge in [-0.05, 0) is 7.05 Å². The second-order valence-electron chi connectivity index (χ2n) is 2.99. The van der Waals surface area contributed by atoms with Crippen molar-refractivity contribution in [2.45, 2.75) is 5.25 Å². The maximum Gasteiger partial charge on any atom is 0.156 e. The van der Waals surface area contributed by atoms with Crippen LogP contribution in [0.25, 0.3) is 0 Å². The lowest BCUT2D eigenvalue weighted by atomic mass is 10.4. The van der Waals surface area contributed by atoms with Gasteiger partial charge < -0.3 is 10.6 Å². The SMILES string of the molecule is CN1CCS(=O)(=O)C(CN)C1. The molecular weight excluding hydrogens is 164 g/mol. The molecule has 2 N–H and O–H groups in total. The summed E-state index contributed by atoms with van der Waals surface area (Å²) in [6.45, 7) is 1.46. The summed E-state index contributed by atoms with van der Waals surface area (Å²) in [6, 6.07) is 0. The monoisotopic (exact) mass is 178 g/mol. The first kappa shape index (κ1) is 8.96. The topological polar surface area (TPSA) is 63.4 Å². The van der Waals surface area contributed by atoms with E-state index in [0.29, 0.717) is 13.1 Å². The average molecular weight is 178 g/mol. The molecule has 0 bridgehead atoms. The molecule has 1 heterocycles. The van der Waals surface area contributed by atoms with Crippen LogP contribution in [0.2, 0.25) is 0 Å². The molecule has 1 fully saturated rings. The fourth-order valence-electron chi connectivity index (χ4n) is 1.22. The maximum absolute atomic E-state index is 11.3. The van der Waals surface area contributed by atoms with Gasteiger partial charge in [0.2, 0.25) is 0 Å². The number of hydrogen-bond acceptors (Lipinski definition) is 4. The number of hydrogen-bond donors (Lipinski definition) is 1. The fourth-order valence-corrected chi connectivity index (χ4v) is 2.90. The number of rotatable bonds is 1. The smallest absolute Gasteiger partial charge is 0.156 e. The van der Waals surface area contributed by atoms with Crippen molar-refractivity contribution in [3.63, 3.8) is 0 Å². The van der Waals surface area contributed by atoms with Gasteiger partial charge in [0.05, 0.1) is 11.0 Å². The molecule has 0 spiro atoms. The van der Waals surface area contributed by atoms with Gasteiger partial charge in [-0.3, -0.25) is 0 Å². The fraction of sp³-hybridized carbons (Fsp3) is 1.00. The Morgan fingerprint density at radius 3 is 2.73 bits per heavy atom. The van der Waals surface area contributed by atoms with Crippen LogP contribution >= 0.6 is 0 Å². The first-order valence-electron chi connectivity index (χ1n) is 3.66. The maximum atomic E-state index is 11.3. The third-order valence-corrected chi connectivity index (χ3v) is 4.15. The summed E-state index contributed by atoms with van der Waals surface area (Å²) in [6.07, 6.45) is 0. The molecule has 1 unspecified atom stereocenters. The second kappa shape index (κ2) is 3.08. The van der Waals surface area contributed by atoms with Crippen LogP contribution < -0.4 is 5.73 Å².